The molecule has 0 aliphatic carbocycles. The van der Waals surface area contributed by atoms with Crippen LogP contribution in [0.25, 0.3) is 10.9 Å². The molecule has 1 heterocycles. The van der Waals surface area contributed by atoms with E-state index in [2.05, 4.69) is 15.0 Å². The summed E-state index contributed by atoms with van der Waals surface area (Å²) in [5, 5.41) is 3.68. The quantitative estimate of drug-likeness (QED) is 0.225. The first-order valence-corrected chi connectivity index (χ1v) is 11.8. The number of aromatic nitrogens is 2. The number of aryl methyl sites for hydroxylation is 1. The van der Waals surface area contributed by atoms with E-state index in [9.17, 15) is 18.8 Å². The molecule has 0 spiro atoms. The molecule has 4 rings (SSSR count). The van der Waals surface area contributed by atoms with Gasteiger partial charge in [-0.15, -0.1) is 0 Å². The maximum absolute atomic E-state index is 13.2. The standard InChI is InChI=1S/C26H22FN3O4S/c1-34-25(33)18-8-12-20(13-9-18)28-23(31)16-35-26-29-22-5-3-2-4-21(22)24(32)30(26)15-14-17-6-10-19(27)11-7-17/h2-13H,14-16H2,1H3,(H,28,31). The summed E-state index contributed by atoms with van der Waals surface area (Å²) in [4.78, 5) is 41.9. The molecule has 4 aromatic rings. The highest BCUT2D eigenvalue weighted by Gasteiger charge is 2.14. The third-order valence-corrected chi connectivity index (χ3v) is 6.26. The Morgan fingerprint density at radius 1 is 1.03 bits per heavy atom. The fourth-order valence-corrected chi connectivity index (χ4v) is 4.31. The Morgan fingerprint density at radius 2 is 1.74 bits per heavy atom. The molecule has 7 nitrogen and oxygen atoms in total. The van der Waals surface area contributed by atoms with Crippen molar-refractivity contribution in [3.63, 3.8) is 0 Å². The van der Waals surface area contributed by atoms with Crippen LogP contribution in [0, 0.1) is 5.82 Å². The lowest BCUT2D eigenvalue weighted by Crippen LogP contribution is -2.25. The Kier molecular flexibility index (Phi) is 7.57. The molecule has 9 heteroatoms. The number of amides is 1. The number of anilines is 1. The molecular formula is C26H22FN3O4S. The number of halogens is 1. The Hall–Kier alpha value is -3.98. The second kappa shape index (κ2) is 11.0. The van der Waals surface area contributed by atoms with Crippen molar-refractivity contribution in [2.24, 2.45) is 0 Å². The van der Waals surface area contributed by atoms with Crippen LogP contribution in [0.5, 0.6) is 0 Å². The lowest BCUT2D eigenvalue weighted by Gasteiger charge is -2.13. The predicted molar refractivity (Wildman–Crippen MR) is 133 cm³/mol. The number of esters is 1. The van der Waals surface area contributed by atoms with Gasteiger partial charge in [-0.25, -0.2) is 14.2 Å². The number of nitrogens with one attached hydrogen (secondary N) is 1. The van der Waals surface area contributed by atoms with Gasteiger partial charge in [-0.1, -0.05) is 36.0 Å². The summed E-state index contributed by atoms with van der Waals surface area (Å²) in [5.74, 6) is -1.03. The molecule has 3 aromatic carbocycles. The zero-order chi connectivity index (χ0) is 24.8. The molecule has 1 amide bonds. The third-order valence-electron chi connectivity index (χ3n) is 5.29. The highest BCUT2D eigenvalue weighted by molar-refractivity contribution is 7.99. The molecule has 1 N–H and O–H groups in total. The molecule has 1 aromatic heterocycles. The fraction of sp³-hybridized carbons (Fsp3) is 0.154. The molecule has 0 radical (unpaired) electrons. The molecule has 0 saturated carbocycles. The number of benzene rings is 3. The van der Waals surface area contributed by atoms with Crippen molar-refractivity contribution in [2.75, 3.05) is 18.2 Å². The van der Waals surface area contributed by atoms with Crippen LogP contribution in [-0.4, -0.2) is 34.3 Å². The van der Waals surface area contributed by atoms with Gasteiger partial charge in [0.05, 0.1) is 29.3 Å². The molecule has 0 aliphatic heterocycles. The Morgan fingerprint density at radius 3 is 2.46 bits per heavy atom. The molecule has 178 valence electrons. The Labute approximate surface area is 205 Å². The largest absolute Gasteiger partial charge is 0.465 e. The van der Waals surface area contributed by atoms with Gasteiger partial charge in [0.15, 0.2) is 5.16 Å². The molecule has 0 aliphatic rings. The number of hydrogen-bond acceptors (Lipinski definition) is 6. The van der Waals surface area contributed by atoms with Crippen molar-refractivity contribution >= 4 is 40.2 Å². The summed E-state index contributed by atoms with van der Waals surface area (Å²) >= 11 is 1.16. The highest BCUT2D eigenvalue weighted by Crippen LogP contribution is 2.19. The van der Waals surface area contributed by atoms with Crippen molar-refractivity contribution < 1.29 is 18.7 Å². The topological polar surface area (TPSA) is 90.3 Å². The summed E-state index contributed by atoms with van der Waals surface area (Å²) in [7, 11) is 1.30. The maximum Gasteiger partial charge on any atom is 0.337 e. The lowest BCUT2D eigenvalue weighted by atomic mass is 10.1. The van der Waals surface area contributed by atoms with Gasteiger partial charge in [-0.3, -0.25) is 14.2 Å². The average Bonchev–Trinajstić information content (AvgIpc) is 2.88. The maximum atomic E-state index is 13.2. The Balaban J connectivity index is 1.50. The van der Waals surface area contributed by atoms with E-state index in [0.717, 1.165) is 17.3 Å². The van der Waals surface area contributed by atoms with Crippen LogP contribution in [-0.2, 0) is 22.5 Å². The monoisotopic (exact) mass is 491 g/mol. The van der Waals surface area contributed by atoms with Gasteiger partial charge >= 0.3 is 5.97 Å². The van der Waals surface area contributed by atoms with E-state index in [1.54, 1.807) is 65.2 Å². The van der Waals surface area contributed by atoms with Gasteiger partial charge in [0.2, 0.25) is 5.91 Å². The minimum Gasteiger partial charge on any atom is -0.465 e. The van der Waals surface area contributed by atoms with Crippen LogP contribution in [0.15, 0.2) is 82.7 Å². The van der Waals surface area contributed by atoms with Gasteiger partial charge in [0.25, 0.3) is 5.56 Å². The third kappa shape index (κ3) is 5.93. The van der Waals surface area contributed by atoms with Crippen molar-refractivity contribution in [3.8, 4) is 0 Å². The van der Waals surface area contributed by atoms with Crippen molar-refractivity contribution in [2.45, 2.75) is 18.1 Å². The van der Waals surface area contributed by atoms with Crippen molar-refractivity contribution in [1.82, 2.24) is 9.55 Å². The van der Waals surface area contributed by atoms with Crippen LogP contribution >= 0.6 is 11.8 Å². The lowest BCUT2D eigenvalue weighted by molar-refractivity contribution is -0.113. The first kappa shape index (κ1) is 24.2. The molecule has 0 bridgehead atoms. The van der Waals surface area contributed by atoms with Gasteiger partial charge in [-0.2, -0.15) is 0 Å². The van der Waals surface area contributed by atoms with E-state index in [1.165, 1.54) is 19.2 Å². The molecule has 0 unspecified atom stereocenters. The number of methoxy groups -OCH3 is 1. The smallest absolute Gasteiger partial charge is 0.337 e. The highest BCUT2D eigenvalue weighted by atomic mass is 32.2. The average molecular weight is 492 g/mol. The van der Waals surface area contributed by atoms with Crippen molar-refractivity contribution in [1.29, 1.82) is 0 Å². The second-order valence-corrected chi connectivity index (χ2v) is 8.59. The minimum atomic E-state index is -0.459. The first-order chi connectivity index (χ1) is 16.9. The summed E-state index contributed by atoms with van der Waals surface area (Å²) in [5.41, 5.74) is 2.15. The van der Waals surface area contributed by atoms with Crippen LogP contribution < -0.4 is 10.9 Å². The SMILES string of the molecule is COC(=O)c1ccc(NC(=O)CSc2nc3ccccc3c(=O)n2CCc2ccc(F)cc2)cc1. The van der Waals surface area contributed by atoms with E-state index in [0.29, 0.717) is 40.3 Å². The zero-order valence-corrected chi connectivity index (χ0v) is 19.7. The van der Waals surface area contributed by atoms with Gasteiger partial charge in [0.1, 0.15) is 5.82 Å². The second-order valence-electron chi connectivity index (χ2n) is 7.65. The first-order valence-electron chi connectivity index (χ1n) is 10.8. The molecule has 0 fully saturated rings. The van der Waals surface area contributed by atoms with E-state index in [1.807, 2.05) is 0 Å². The number of nitrogens with zero attached hydrogens (tertiary/aromatic N) is 2. The number of thioether (sulfide) groups is 1. The summed E-state index contributed by atoms with van der Waals surface area (Å²) in [6.45, 7) is 0.335. The number of fused-ring (bicyclic) bond motifs is 1. The predicted octanol–water partition coefficient (Wildman–Crippen LogP) is 4.30. The number of para-hydroxylation sites is 1. The van der Waals surface area contributed by atoms with Crippen LogP contribution in [0.1, 0.15) is 15.9 Å². The van der Waals surface area contributed by atoms with E-state index >= 15 is 0 Å². The van der Waals surface area contributed by atoms with Gasteiger partial charge < -0.3 is 10.1 Å². The number of carbonyl (C=O) groups excluding carboxylic acids is 2. The van der Waals surface area contributed by atoms with Crippen LogP contribution in [0.3, 0.4) is 0 Å². The summed E-state index contributed by atoms with van der Waals surface area (Å²) in [6, 6.07) is 19.5. The van der Waals surface area contributed by atoms with Crippen LogP contribution in [0.4, 0.5) is 10.1 Å². The summed E-state index contributed by atoms with van der Waals surface area (Å²) < 4.78 is 19.4. The van der Waals surface area contributed by atoms with E-state index in [-0.39, 0.29) is 23.0 Å². The number of hydrogen-bond donors (Lipinski definition) is 1. The van der Waals surface area contributed by atoms with Gasteiger partial charge in [0, 0.05) is 12.2 Å². The summed E-state index contributed by atoms with van der Waals surface area (Å²) in [6.07, 6.45) is 0.506. The normalized spacial score (nSPS) is 10.8. The molecule has 35 heavy (non-hydrogen) atoms. The molecular weight excluding hydrogens is 469 g/mol. The van der Waals surface area contributed by atoms with E-state index in [4.69, 9.17) is 0 Å². The van der Waals surface area contributed by atoms with E-state index < -0.39 is 5.97 Å². The van der Waals surface area contributed by atoms with Crippen LogP contribution in [0.2, 0.25) is 0 Å². The number of carbonyl (C=O) groups is 2. The fourth-order valence-electron chi connectivity index (χ4n) is 3.48. The number of rotatable bonds is 8. The Bertz CT molecular complexity index is 1420. The van der Waals surface area contributed by atoms with Crippen molar-refractivity contribution in [3.05, 3.63) is 100 Å². The van der Waals surface area contributed by atoms with Gasteiger partial charge in [-0.05, 0) is 60.5 Å². The molecule has 0 atom stereocenters. The number of ether oxygens (including phenoxy) is 1. The minimum absolute atomic E-state index is 0.0279. The zero-order valence-electron chi connectivity index (χ0n) is 18.9. The molecule has 0 saturated heterocycles.